The van der Waals surface area contributed by atoms with E-state index in [1.807, 2.05) is 13.0 Å². The topological polar surface area (TPSA) is 114 Å². The molecule has 0 radical (unpaired) electrons. The summed E-state index contributed by atoms with van der Waals surface area (Å²) in [6.07, 6.45) is 1.45. The first-order valence-electron chi connectivity index (χ1n) is 11.3. The molecule has 0 aliphatic carbocycles. The summed E-state index contributed by atoms with van der Waals surface area (Å²) < 4.78 is 33.7. The van der Waals surface area contributed by atoms with Gasteiger partial charge in [0, 0.05) is 15.7 Å². The van der Waals surface area contributed by atoms with Gasteiger partial charge in [-0.15, -0.1) is 0 Å². The minimum absolute atomic E-state index is 0.148. The second-order valence-electron chi connectivity index (χ2n) is 8.16. The fraction of sp³-hybridized carbons (Fsp3) is 0.0357. The van der Waals surface area contributed by atoms with Crippen LogP contribution in [0.4, 0.5) is 5.69 Å². The highest BCUT2D eigenvalue weighted by Crippen LogP contribution is 2.18. The van der Waals surface area contributed by atoms with Gasteiger partial charge in [-0.25, -0.2) is 18.6 Å². The summed E-state index contributed by atoms with van der Waals surface area (Å²) in [5, 5.41) is 3.95. The van der Waals surface area contributed by atoms with E-state index < -0.39 is 21.9 Å². The van der Waals surface area contributed by atoms with Crippen LogP contribution in [0.15, 0.2) is 112 Å². The smallest absolute Gasteiger partial charge is 0.343 e. The van der Waals surface area contributed by atoms with Crippen LogP contribution in [0.25, 0.3) is 0 Å². The first kappa shape index (κ1) is 26.8. The molecule has 0 aromatic heterocycles. The molecule has 0 fully saturated rings. The summed E-state index contributed by atoms with van der Waals surface area (Å²) in [4.78, 5) is 24.8. The van der Waals surface area contributed by atoms with Gasteiger partial charge in [-0.3, -0.25) is 9.52 Å². The lowest BCUT2D eigenvalue weighted by molar-refractivity contribution is 0.0734. The standard InChI is InChI=1S/C28H22BrN3O5S/c1-19-5-15-26(16-6-19)38(35,36)32-24-11-9-21(10-12-24)27(33)31-30-18-20-7-13-25(14-8-20)37-28(34)22-3-2-4-23(29)17-22/h2-18,32H,1H3,(H,31,33). The first-order chi connectivity index (χ1) is 18.2. The van der Waals surface area contributed by atoms with Gasteiger partial charge < -0.3 is 4.74 Å². The first-order valence-corrected chi connectivity index (χ1v) is 13.6. The number of ether oxygens (including phenoxy) is 1. The van der Waals surface area contributed by atoms with Gasteiger partial charge in [0.25, 0.3) is 15.9 Å². The molecular weight excluding hydrogens is 570 g/mol. The monoisotopic (exact) mass is 591 g/mol. The van der Waals surface area contributed by atoms with E-state index in [9.17, 15) is 18.0 Å². The lowest BCUT2D eigenvalue weighted by Gasteiger charge is -2.09. The van der Waals surface area contributed by atoms with E-state index in [1.165, 1.54) is 42.6 Å². The molecule has 0 bridgehead atoms. The highest BCUT2D eigenvalue weighted by molar-refractivity contribution is 9.10. The predicted octanol–water partition coefficient (Wildman–Crippen LogP) is 5.54. The van der Waals surface area contributed by atoms with Crippen LogP contribution in [-0.4, -0.2) is 26.5 Å². The zero-order chi connectivity index (χ0) is 27.1. The lowest BCUT2D eigenvalue weighted by Crippen LogP contribution is -2.18. The van der Waals surface area contributed by atoms with Crippen LogP contribution in [0.5, 0.6) is 5.75 Å². The fourth-order valence-corrected chi connectivity index (χ4v) is 4.71. The zero-order valence-corrected chi connectivity index (χ0v) is 22.5. The number of rotatable bonds is 8. The lowest BCUT2D eigenvalue weighted by atomic mass is 10.2. The Balaban J connectivity index is 1.30. The highest BCUT2D eigenvalue weighted by atomic mass is 79.9. The number of carbonyl (C=O) groups is 2. The van der Waals surface area contributed by atoms with Crippen molar-refractivity contribution < 1.29 is 22.7 Å². The Kier molecular flexibility index (Phi) is 8.35. The molecule has 0 saturated heterocycles. The number of halogens is 1. The number of nitrogens with zero attached hydrogens (tertiary/aromatic N) is 1. The molecular formula is C28H22BrN3O5S. The highest BCUT2D eigenvalue weighted by Gasteiger charge is 2.14. The average Bonchev–Trinajstić information content (AvgIpc) is 2.90. The van der Waals surface area contributed by atoms with Crippen molar-refractivity contribution in [2.24, 2.45) is 5.10 Å². The molecule has 192 valence electrons. The predicted molar refractivity (Wildman–Crippen MR) is 149 cm³/mol. The SMILES string of the molecule is Cc1ccc(S(=O)(=O)Nc2ccc(C(=O)NN=Cc3ccc(OC(=O)c4cccc(Br)c4)cc3)cc2)cc1. The number of sulfonamides is 1. The molecule has 4 aromatic rings. The van der Waals surface area contributed by atoms with Gasteiger partial charge in [0.2, 0.25) is 0 Å². The normalized spacial score (nSPS) is 11.2. The Bertz CT molecular complexity index is 1590. The largest absolute Gasteiger partial charge is 0.423 e. The van der Waals surface area contributed by atoms with E-state index in [1.54, 1.807) is 54.6 Å². The summed E-state index contributed by atoms with van der Waals surface area (Å²) in [6.45, 7) is 1.87. The number of nitrogens with one attached hydrogen (secondary N) is 2. The van der Waals surface area contributed by atoms with E-state index >= 15 is 0 Å². The van der Waals surface area contributed by atoms with Crippen LogP contribution in [0.3, 0.4) is 0 Å². The van der Waals surface area contributed by atoms with Crippen molar-refractivity contribution in [2.45, 2.75) is 11.8 Å². The molecule has 4 rings (SSSR count). The van der Waals surface area contributed by atoms with Crippen LogP contribution in [0.2, 0.25) is 0 Å². The molecule has 0 aliphatic heterocycles. The van der Waals surface area contributed by atoms with Crippen molar-refractivity contribution in [1.29, 1.82) is 0 Å². The van der Waals surface area contributed by atoms with Crippen molar-refractivity contribution in [3.8, 4) is 5.75 Å². The van der Waals surface area contributed by atoms with Gasteiger partial charge in [0.1, 0.15) is 5.75 Å². The number of hydrazone groups is 1. The Morgan fingerprint density at radius 2 is 1.55 bits per heavy atom. The van der Waals surface area contributed by atoms with Gasteiger partial charge in [0.05, 0.1) is 16.7 Å². The van der Waals surface area contributed by atoms with Crippen LogP contribution < -0.4 is 14.9 Å². The molecule has 0 spiro atoms. The zero-order valence-electron chi connectivity index (χ0n) is 20.1. The minimum atomic E-state index is -3.74. The number of hydrogen-bond donors (Lipinski definition) is 2. The number of anilines is 1. The Morgan fingerprint density at radius 1 is 0.868 bits per heavy atom. The van der Waals surface area contributed by atoms with E-state index in [-0.39, 0.29) is 4.90 Å². The second-order valence-corrected chi connectivity index (χ2v) is 10.8. The summed E-state index contributed by atoms with van der Waals surface area (Å²) in [5.41, 5.74) is 5.10. The maximum Gasteiger partial charge on any atom is 0.343 e. The molecule has 2 N–H and O–H groups in total. The third kappa shape index (κ3) is 7.15. The van der Waals surface area contributed by atoms with Gasteiger partial charge in [0.15, 0.2) is 0 Å². The van der Waals surface area contributed by atoms with E-state index in [2.05, 4.69) is 31.2 Å². The number of amides is 1. The van der Waals surface area contributed by atoms with Crippen LogP contribution in [0, 0.1) is 6.92 Å². The number of carbonyl (C=O) groups excluding carboxylic acids is 2. The molecule has 0 unspecified atom stereocenters. The average molecular weight is 592 g/mol. The minimum Gasteiger partial charge on any atom is -0.423 e. The summed E-state index contributed by atoms with van der Waals surface area (Å²) in [6, 6.07) is 26.0. The Labute approximate surface area is 228 Å². The number of esters is 1. The van der Waals surface area contributed by atoms with Crippen molar-refractivity contribution in [3.05, 3.63) is 124 Å². The number of hydrogen-bond acceptors (Lipinski definition) is 6. The second kappa shape index (κ2) is 11.8. The summed E-state index contributed by atoms with van der Waals surface area (Å²) in [7, 11) is -3.74. The molecule has 0 aliphatic rings. The van der Waals surface area contributed by atoms with Gasteiger partial charge >= 0.3 is 5.97 Å². The van der Waals surface area contributed by atoms with E-state index in [0.717, 1.165) is 10.0 Å². The quantitative estimate of drug-likeness (QED) is 0.121. The van der Waals surface area contributed by atoms with Gasteiger partial charge in [-0.05, 0) is 91.3 Å². The van der Waals surface area contributed by atoms with E-state index in [4.69, 9.17) is 4.74 Å². The van der Waals surface area contributed by atoms with Gasteiger partial charge in [-0.1, -0.05) is 39.7 Å². The molecule has 0 atom stereocenters. The van der Waals surface area contributed by atoms with Crippen LogP contribution >= 0.6 is 15.9 Å². The van der Waals surface area contributed by atoms with Crippen molar-refractivity contribution in [2.75, 3.05) is 4.72 Å². The van der Waals surface area contributed by atoms with Gasteiger partial charge in [-0.2, -0.15) is 5.10 Å². The fourth-order valence-electron chi connectivity index (χ4n) is 3.25. The van der Waals surface area contributed by atoms with Crippen molar-refractivity contribution >= 4 is 49.7 Å². The van der Waals surface area contributed by atoms with Crippen molar-refractivity contribution in [3.63, 3.8) is 0 Å². The molecule has 1 amide bonds. The number of aryl methyl sites for hydroxylation is 1. The third-order valence-electron chi connectivity index (χ3n) is 5.26. The number of benzene rings is 4. The summed E-state index contributed by atoms with van der Waals surface area (Å²) >= 11 is 3.32. The van der Waals surface area contributed by atoms with Crippen LogP contribution in [0.1, 0.15) is 31.8 Å². The Hall–Kier alpha value is -4.28. The molecule has 0 heterocycles. The third-order valence-corrected chi connectivity index (χ3v) is 7.15. The summed E-state index contributed by atoms with van der Waals surface area (Å²) in [5.74, 6) is -0.572. The molecule has 0 saturated carbocycles. The molecule has 10 heteroatoms. The maximum atomic E-state index is 12.5. The molecule has 38 heavy (non-hydrogen) atoms. The Morgan fingerprint density at radius 3 is 2.21 bits per heavy atom. The van der Waals surface area contributed by atoms with Crippen molar-refractivity contribution in [1.82, 2.24) is 5.43 Å². The van der Waals surface area contributed by atoms with Crippen LogP contribution in [-0.2, 0) is 10.0 Å². The maximum absolute atomic E-state index is 12.5. The molecule has 4 aromatic carbocycles. The molecule has 8 nitrogen and oxygen atoms in total. The van der Waals surface area contributed by atoms with E-state index in [0.29, 0.717) is 28.1 Å².